The van der Waals surface area contributed by atoms with Crippen LogP contribution >= 0.6 is 15.9 Å². The van der Waals surface area contributed by atoms with Crippen molar-refractivity contribution in [2.45, 2.75) is 39.8 Å². The van der Waals surface area contributed by atoms with E-state index in [0.29, 0.717) is 12.6 Å². The van der Waals surface area contributed by atoms with Crippen LogP contribution in [-0.2, 0) is 6.54 Å². The number of hydrogen-bond donors (Lipinski definition) is 1. The molecule has 0 radical (unpaired) electrons. The van der Waals surface area contributed by atoms with Crippen molar-refractivity contribution in [1.29, 1.82) is 0 Å². The second-order valence-electron chi connectivity index (χ2n) is 4.48. The van der Waals surface area contributed by atoms with Crippen LogP contribution in [0.2, 0.25) is 0 Å². The number of nitrogens with one attached hydrogen (secondary N) is 1. The average molecular weight is 316 g/mol. The first kappa shape index (κ1) is 15.3. The third-order valence-electron chi connectivity index (χ3n) is 2.50. The second-order valence-corrected chi connectivity index (χ2v) is 5.33. The van der Waals surface area contributed by atoms with Crippen molar-refractivity contribution in [2.75, 3.05) is 13.7 Å². The van der Waals surface area contributed by atoms with Crippen LogP contribution in [0, 0.1) is 0 Å². The minimum Gasteiger partial charge on any atom is -0.493 e. The van der Waals surface area contributed by atoms with E-state index < -0.39 is 0 Å². The van der Waals surface area contributed by atoms with E-state index in [0.717, 1.165) is 28.9 Å². The monoisotopic (exact) mass is 315 g/mol. The maximum atomic E-state index is 5.66. The van der Waals surface area contributed by atoms with Crippen LogP contribution in [0.3, 0.4) is 0 Å². The minimum absolute atomic E-state index is 0.457. The summed E-state index contributed by atoms with van der Waals surface area (Å²) in [6.45, 7) is 7.85. The molecule has 0 aliphatic rings. The molecule has 3 nitrogen and oxygen atoms in total. The molecule has 0 atom stereocenters. The van der Waals surface area contributed by atoms with Gasteiger partial charge in [0.2, 0.25) is 0 Å². The van der Waals surface area contributed by atoms with Gasteiger partial charge in [-0.3, -0.25) is 0 Å². The molecule has 4 heteroatoms. The van der Waals surface area contributed by atoms with E-state index in [9.17, 15) is 0 Å². The highest BCUT2D eigenvalue weighted by molar-refractivity contribution is 9.10. The summed E-state index contributed by atoms with van der Waals surface area (Å²) in [6.07, 6.45) is 0.984. The van der Waals surface area contributed by atoms with Crippen molar-refractivity contribution in [2.24, 2.45) is 0 Å². The molecule has 0 fully saturated rings. The molecule has 0 amide bonds. The Hall–Kier alpha value is -0.740. The van der Waals surface area contributed by atoms with Crippen molar-refractivity contribution >= 4 is 15.9 Å². The van der Waals surface area contributed by atoms with Crippen LogP contribution in [0.5, 0.6) is 11.5 Å². The molecule has 0 bridgehead atoms. The molecule has 0 aliphatic carbocycles. The highest BCUT2D eigenvalue weighted by atomic mass is 79.9. The first-order chi connectivity index (χ1) is 8.58. The zero-order valence-corrected chi connectivity index (χ0v) is 13.1. The lowest BCUT2D eigenvalue weighted by molar-refractivity contribution is 0.294. The summed E-state index contributed by atoms with van der Waals surface area (Å²) >= 11 is 3.58. The Morgan fingerprint density at radius 1 is 1.28 bits per heavy atom. The molecule has 0 heterocycles. The number of halogens is 1. The van der Waals surface area contributed by atoms with E-state index >= 15 is 0 Å². The number of ether oxygens (including phenoxy) is 2. The average Bonchev–Trinajstić information content (AvgIpc) is 2.34. The van der Waals surface area contributed by atoms with E-state index in [1.54, 1.807) is 7.11 Å². The Balaban J connectivity index is 2.87. The number of hydrogen-bond acceptors (Lipinski definition) is 3. The molecule has 0 unspecified atom stereocenters. The molecule has 1 N–H and O–H groups in total. The fourth-order valence-electron chi connectivity index (χ4n) is 1.51. The van der Waals surface area contributed by atoms with Crippen LogP contribution < -0.4 is 14.8 Å². The normalized spacial score (nSPS) is 10.8. The summed E-state index contributed by atoms with van der Waals surface area (Å²) in [6, 6.07) is 4.45. The maximum absolute atomic E-state index is 5.66. The van der Waals surface area contributed by atoms with Crippen LogP contribution in [0.1, 0.15) is 32.8 Å². The molecule has 1 rings (SSSR count). The van der Waals surface area contributed by atoms with Gasteiger partial charge in [-0.2, -0.15) is 0 Å². The summed E-state index contributed by atoms with van der Waals surface area (Å²) < 4.78 is 12.1. The lowest BCUT2D eigenvalue weighted by Crippen LogP contribution is -2.22. The largest absolute Gasteiger partial charge is 0.493 e. The van der Waals surface area contributed by atoms with Crippen LogP contribution in [-0.4, -0.2) is 19.8 Å². The van der Waals surface area contributed by atoms with Gasteiger partial charge < -0.3 is 14.8 Å². The molecule has 18 heavy (non-hydrogen) atoms. The molecule has 1 aromatic carbocycles. The first-order valence-corrected chi connectivity index (χ1v) is 7.10. The van der Waals surface area contributed by atoms with Gasteiger partial charge in [0.1, 0.15) is 0 Å². The quantitative estimate of drug-likeness (QED) is 0.831. The molecule has 0 saturated carbocycles. The molecule has 0 spiro atoms. The smallest absolute Gasteiger partial charge is 0.162 e. The van der Waals surface area contributed by atoms with Crippen molar-refractivity contribution < 1.29 is 9.47 Å². The van der Waals surface area contributed by atoms with E-state index in [1.165, 1.54) is 5.56 Å². The third-order valence-corrected chi connectivity index (χ3v) is 3.23. The fourth-order valence-corrected chi connectivity index (χ4v) is 1.97. The fraction of sp³-hybridized carbons (Fsp3) is 0.571. The topological polar surface area (TPSA) is 30.5 Å². The Labute approximate surface area is 118 Å². The summed E-state index contributed by atoms with van der Waals surface area (Å²) in [5.41, 5.74) is 1.17. The molecule has 0 saturated heterocycles. The highest BCUT2D eigenvalue weighted by Crippen LogP contribution is 2.33. The van der Waals surface area contributed by atoms with Gasteiger partial charge in [-0.1, -0.05) is 36.7 Å². The zero-order valence-electron chi connectivity index (χ0n) is 11.5. The van der Waals surface area contributed by atoms with E-state index in [-0.39, 0.29) is 0 Å². The van der Waals surface area contributed by atoms with Crippen molar-refractivity contribution in [3.8, 4) is 11.5 Å². The molecule has 0 aromatic heterocycles. The van der Waals surface area contributed by atoms with Crippen molar-refractivity contribution in [1.82, 2.24) is 5.32 Å². The molecule has 102 valence electrons. The van der Waals surface area contributed by atoms with Gasteiger partial charge in [0, 0.05) is 17.1 Å². The van der Waals surface area contributed by atoms with Gasteiger partial charge >= 0.3 is 0 Å². The Morgan fingerprint density at radius 3 is 2.56 bits per heavy atom. The number of benzene rings is 1. The van der Waals surface area contributed by atoms with E-state index in [2.05, 4.69) is 42.0 Å². The predicted molar refractivity (Wildman–Crippen MR) is 78.5 cm³/mol. The highest BCUT2D eigenvalue weighted by Gasteiger charge is 2.10. The van der Waals surface area contributed by atoms with Gasteiger partial charge in [0.05, 0.1) is 13.7 Å². The predicted octanol–water partition coefficient (Wildman–Crippen LogP) is 3.74. The Kier molecular flexibility index (Phi) is 6.50. The summed E-state index contributed by atoms with van der Waals surface area (Å²) in [7, 11) is 1.67. The van der Waals surface area contributed by atoms with Gasteiger partial charge in [-0.05, 0) is 24.1 Å². The summed E-state index contributed by atoms with van der Waals surface area (Å²) in [4.78, 5) is 0. The van der Waals surface area contributed by atoms with Gasteiger partial charge in [-0.15, -0.1) is 0 Å². The van der Waals surface area contributed by atoms with Crippen molar-refractivity contribution in [3.05, 3.63) is 22.2 Å². The zero-order chi connectivity index (χ0) is 13.5. The Bertz CT molecular complexity index is 380. The molecule has 1 aromatic rings. The molecule has 0 aliphatic heterocycles. The third kappa shape index (κ3) is 4.50. The molecular formula is C14H22BrNO2. The van der Waals surface area contributed by atoms with Gasteiger partial charge in [0.15, 0.2) is 11.5 Å². The maximum Gasteiger partial charge on any atom is 0.162 e. The Morgan fingerprint density at radius 2 is 2.00 bits per heavy atom. The summed E-state index contributed by atoms with van der Waals surface area (Å²) in [5, 5.41) is 3.39. The minimum atomic E-state index is 0.457. The lowest BCUT2D eigenvalue weighted by Gasteiger charge is -2.15. The van der Waals surface area contributed by atoms with E-state index in [4.69, 9.17) is 9.47 Å². The van der Waals surface area contributed by atoms with Gasteiger partial charge in [0.25, 0.3) is 0 Å². The number of methoxy groups -OCH3 is 1. The lowest BCUT2D eigenvalue weighted by atomic mass is 10.2. The SMILES string of the molecule is CCCOc1cc(Br)c(CNC(C)C)cc1OC. The molecular weight excluding hydrogens is 294 g/mol. The van der Waals surface area contributed by atoms with Crippen LogP contribution in [0.25, 0.3) is 0 Å². The number of rotatable bonds is 7. The van der Waals surface area contributed by atoms with Gasteiger partial charge in [-0.25, -0.2) is 0 Å². The van der Waals surface area contributed by atoms with Crippen molar-refractivity contribution in [3.63, 3.8) is 0 Å². The standard InChI is InChI=1S/C14H22BrNO2/c1-5-6-18-14-8-12(15)11(7-13(14)17-4)9-16-10(2)3/h7-8,10,16H,5-6,9H2,1-4H3. The van der Waals surface area contributed by atoms with Crippen LogP contribution in [0.15, 0.2) is 16.6 Å². The van der Waals surface area contributed by atoms with Crippen LogP contribution in [0.4, 0.5) is 0 Å². The van der Waals surface area contributed by atoms with E-state index in [1.807, 2.05) is 12.1 Å². The second kappa shape index (κ2) is 7.64. The first-order valence-electron chi connectivity index (χ1n) is 6.31. The summed E-state index contributed by atoms with van der Waals surface area (Å²) in [5.74, 6) is 1.58.